The van der Waals surface area contributed by atoms with Gasteiger partial charge in [-0.15, -0.1) is 11.6 Å². The number of hydrogen-bond donors (Lipinski definition) is 3. The van der Waals surface area contributed by atoms with Crippen LogP contribution in [0.25, 0.3) is 0 Å². The summed E-state index contributed by atoms with van der Waals surface area (Å²) in [5, 5.41) is 30.1. The molecule has 19 nitrogen and oxygen atoms in total. The number of ether oxygens (including phenoxy) is 8. The van der Waals surface area contributed by atoms with Crippen molar-refractivity contribution in [3.63, 3.8) is 0 Å². The molecule has 0 spiro atoms. The van der Waals surface area contributed by atoms with Crippen molar-refractivity contribution in [3.05, 3.63) is 263 Å². The maximum absolute atomic E-state index is 12.7. The Kier molecular flexibility index (Phi) is 38.2. The van der Waals surface area contributed by atoms with Crippen LogP contribution in [-0.4, -0.2) is 162 Å². The molecule has 124 heavy (non-hydrogen) atoms. The van der Waals surface area contributed by atoms with E-state index in [0.29, 0.717) is 75.4 Å². The minimum absolute atomic E-state index is 0.0217. The number of halogens is 10. The molecule has 9 aromatic carbocycles. The monoisotopic (exact) mass is 1750 g/mol. The molecule has 0 radical (unpaired) electrons. The van der Waals surface area contributed by atoms with Crippen molar-refractivity contribution in [2.24, 2.45) is 0 Å². The van der Waals surface area contributed by atoms with E-state index in [1.165, 1.54) is 16.7 Å². The zero-order valence-electron chi connectivity index (χ0n) is 71.7. The normalized spacial score (nSPS) is 13.3. The molecule has 0 saturated carbocycles. The summed E-state index contributed by atoms with van der Waals surface area (Å²) in [6.45, 7) is 15.0. The summed E-state index contributed by atoms with van der Waals surface area (Å²) in [5.74, 6) is 0.985. The standard InChI is InChI=1S/C21H22F3NO3.C19H23NO2.C14H16F3NO2.C13H14F3NO2.C10H11NO.C10H12O3.C8H9ClO/c1-14-10-16-6-8-25(20(26)21(22,23)24)9-7-17(16)12-19(14)28-13-15-4-3-5-18(11-15)27-2;1-14-10-16-6-8-20-9-7-17(16)12-19(14)22-13-15-4-3-5-18(11-15)21-2;1-9-7-10-3-5-18(13(19)14(15,16)17)6-4-11(10)8-12(9)20-2;1-8-6-9-2-4-17(12(19)13(14,15)16)5-3-10(9)7-11(8)18;1-8-3-4-9(5-6-11)7-10(8)12-2;1-7-3-4-8(6-10(11)12)5-9(7)13-2;1-10-8-4-2-3-7(5-8)6-9/h3-5,10-12H,6-9,13H2,1-2H3;3-5,10-12,20H,6-9,13H2,1-2H3;7-8H,3-6H2,1-2H3;6-7,18H,2-5H2,1H3;3-4,7H,5H2,1-2H3;3-5H,6H2,1-2H3,(H,11,12);2-5H,6H2,1H3. The number of nitrogens with zero attached hydrogens (tertiary/aromatic N) is 4. The van der Waals surface area contributed by atoms with Crippen LogP contribution in [-0.2, 0) is 102 Å². The van der Waals surface area contributed by atoms with Gasteiger partial charge < -0.3 is 68.1 Å². The molecule has 9 aromatic rings. The topological polar surface area (TPSA) is 228 Å². The number of aryl methyl sites for hydroxylation is 6. The van der Waals surface area contributed by atoms with E-state index in [2.05, 4.69) is 36.5 Å². The van der Waals surface area contributed by atoms with Crippen molar-refractivity contribution in [1.29, 1.82) is 5.26 Å². The van der Waals surface area contributed by atoms with Crippen molar-refractivity contribution in [2.75, 3.05) is 95.0 Å². The number of aliphatic carboxylic acids is 1. The van der Waals surface area contributed by atoms with Crippen molar-refractivity contribution < 1.29 is 107 Å². The van der Waals surface area contributed by atoms with Crippen LogP contribution in [0.1, 0.15) is 106 Å². The molecule has 0 fully saturated rings. The molecule has 0 unspecified atom stereocenters. The minimum atomic E-state index is -4.84. The molecular weight excluding hydrogens is 1640 g/mol. The Labute approximate surface area is 723 Å². The second-order valence-corrected chi connectivity index (χ2v) is 29.9. The average Bonchev–Trinajstić information content (AvgIpc) is 1.62. The highest BCUT2D eigenvalue weighted by molar-refractivity contribution is 6.17. The second-order valence-electron chi connectivity index (χ2n) is 29.7. The summed E-state index contributed by atoms with van der Waals surface area (Å²) in [6.07, 6.45) is -9.50. The third-order valence-corrected chi connectivity index (χ3v) is 21.1. The largest absolute Gasteiger partial charge is 0.508 e. The van der Waals surface area contributed by atoms with Gasteiger partial charge in [0.25, 0.3) is 0 Å². The lowest BCUT2D eigenvalue weighted by atomic mass is 10.00. The number of carbonyl (C=O) groups is 4. The zero-order chi connectivity index (χ0) is 91.0. The fourth-order valence-electron chi connectivity index (χ4n) is 14.0. The van der Waals surface area contributed by atoms with Gasteiger partial charge in [0.05, 0.1) is 61.6 Å². The van der Waals surface area contributed by atoms with E-state index >= 15 is 0 Å². The zero-order valence-corrected chi connectivity index (χ0v) is 72.5. The van der Waals surface area contributed by atoms with Crippen LogP contribution in [0.3, 0.4) is 0 Å². The molecule has 666 valence electrons. The predicted molar refractivity (Wildman–Crippen MR) is 457 cm³/mol. The van der Waals surface area contributed by atoms with Gasteiger partial charge in [0, 0.05) is 45.1 Å². The molecule has 4 aliphatic heterocycles. The first-order chi connectivity index (χ1) is 58.9. The number of alkyl halides is 10. The van der Waals surface area contributed by atoms with Crippen LogP contribution in [0.2, 0.25) is 0 Å². The maximum Gasteiger partial charge on any atom is 0.471 e. The average molecular weight is 1750 g/mol. The molecule has 4 heterocycles. The number of amides is 3. The van der Waals surface area contributed by atoms with Gasteiger partial charge in [-0.1, -0.05) is 84.9 Å². The SMILES string of the molecule is COc1cc(CC#N)ccc1C.COc1cc(CC(=O)O)ccc1C.COc1cc2c(cc1C)CCN(C(=O)C(F)(F)F)CC2.COc1cccc(CCl)c1.COc1cccc(COc2cc3c(cc2C)CCN(C(=O)C(F)(F)F)CC3)c1.COc1cccc(COc2cc3c(cc2C)CCNCC3)c1.Cc1cc2c(cc1O)CCN(C(=O)C(F)(F)F)CC2. The number of methoxy groups -OCH3 is 6. The quantitative estimate of drug-likeness (QED) is 0.0603. The van der Waals surface area contributed by atoms with E-state index in [1.807, 2.05) is 143 Å². The highest BCUT2D eigenvalue weighted by Crippen LogP contribution is 2.34. The van der Waals surface area contributed by atoms with E-state index in [1.54, 1.807) is 73.8 Å². The van der Waals surface area contributed by atoms with Gasteiger partial charge in [0.2, 0.25) is 0 Å². The van der Waals surface area contributed by atoms with Crippen LogP contribution in [0.15, 0.2) is 158 Å². The van der Waals surface area contributed by atoms with Gasteiger partial charge in [-0.3, -0.25) is 19.2 Å². The van der Waals surface area contributed by atoms with Crippen molar-refractivity contribution >= 4 is 35.3 Å². The number of nitriles is 1. The van der Waals surface area contributed by atoms with Crippen LogP contribution in [0.4, 0.5) is 39.5 Å². The molecule has 13 rings (SSSR count). The third-order valence-electron chi connectivity index (χ3n) is 20.8. The van der Waals surface area contributed by atoms with Crippen LogP contribution >= 0.6 is 11.6 Å². The molecule has 0 aliphatic carbocycles. The second kappa shape index (κ2) is 47.7. The fraction of sp³-hybridized carbons (Fsp3) is 0.379. The van der Waals surface area contributed by atoms with Gasteiger partial charge in [-0.05, 0) is 285 Å². The summed E-state index contributed by atoms with van der Waals surface area (Å²) < 4.78 is 156. The molecule has 4 aliphatic rings. The summed E-state index contributed by atoms with van der Waals surface area (Å²) in [7, 11) is 9.71. The molecule has 29 heteroatoms. The van der Waals surface area contributed by atoms with Gasteiger partial charge in [0.1, 0.15) is 65.0 Å². The summed E-state index contributed by atoms with van der Waals surface area (Å²) >= 11 is 5.60. The van der Waals surface area contributed by atoms with Crippen molar-refractivity contribution in [3.8, 4) is 57.8 Å². The number of phenolic OH excluding ortho intramolecular Hbond substituents is 1. The number of carbonyl (C=O) groups excluding carboxylic acids is 3. The van der Waals surface area contributed by atoms with Gasteiger partial charge in [-0.25, -0.2) is 0 Å². The number of rotatable bonds is 16. The Morgan fingerprint density at radius 3 is 1.06 bits per heavy atom. The first kappa shape index (κ1) is 99.3. The molecule has 0 aromatic heterocycles. The first-order valence-corrected chi connectivity index (χ1v) is 40.5. The number of carboxylic acids is 1. The van der Waals surface area contributed by atoms with Gasteiger partial charge in [-0.2, -0.15) is 44.8 Å². The number of aromatic hydroxyl groups is 1. The lowest BCUT2D eigenvalue weighted by Crippen LogP contribution is -2.42. The first-order valence-electron chi connectivity index (χ1n) is 40.0. The molecule has 0 bridgehead atoms. The van der Waals surface area contributed by atoms with E-state index in [9.17, 15) is 63.8 Å². The Morgan fingerprint density at radius 2 is 0.702 bits per heavy atom. The minimum Gasteiger partial charge on any atom is -0.508 e. The van der Waals surface area contributed by atoms with Crippen LogP contribution in [0.5, 0.6) is 51.7 Å². The number of fused-ring (bicyclic) bond motifs is 4. The molecular formula is C95H107ClF9N5O14. The highest BCUT2D eigenvalue weighted by atomic mass is 35.5. The fourth-order valence-corrected chi connectivity index (χ4v) is 14.1. The molecule has 0 saturated heterocycles. The van der Waals surface area contributed by atoms with Gasteiger partial charge >= 0.3 is 42.2 Å². The Balaban J connectivity index is 0.000000203. The molecule has 3 N–H and O–H groups in total. The van der Waals surface area contributed by atoms with E-state index in [4.69, 9.17) is 59.9 Å². The predicted octanol–water partition coefficient (Wildman–Crippen LogP) is 18.2. The number of hydrogen-bond acceptors (Lipinski definition) is 15. The maximum atomic E-state index is 12.7. The summed E-state index contributed by atoms with van der Waals surface area (Å²) in [5.41, 5.74) is 19.2. The molecule has 0 atom stereocenters. The number of phenols is 1. The van der Waals surface area contributed by atoms with Crippen LogP contribution in [0, 0.1) is 52.9 Å². The lowest BCUT2D eigenvalue weighted by molar-refractivity contribution is -0.185. The van der Waals surface area contributed by atoms with E-state index in [0.717, 1.165) is 164 Å². The lowest BCUT2D eigenvalue weighted by Gasteiger charge is -2.21. The molecule has 3 amide bonds. The number of benzene rings is 9. The Hall–Kier alpha value is -11.8. The van der Waals surface area contributed by atoms with Crippen molar-refractivity contribution in [2.45, 2.75) is 143 Å². The number of nitrogens with one attached hydrogen (secondary N) is 1. The van der Waals surface area contributed by atoms with Crippen molar-refractivity contribution in [1.82, 2.24) is 20.0 Å². The smallest absolute Gasteiger partial charge is 0.471 e. The summed E-state index contributed by atoms with van der Waals surface area (Å²) in [4.78, 5) is 47.0. The van der Waals surface area contributed by atoms with Crippen LogP contribution < -0.4 is 43.2 Å². The third kappa shape index (κ3) is 30.6. The Bertz CT molecular complexity index is 5060. The summed E-state index contributed by atoms with van der Waals surface area (Å²) in [6, 6.07) is 52.1. The van der Waals surface area contributed by atoms with E-state index in [-0.39, 0.29) is 51.4 Å². The number of carboxylic acid groups (broad SMARTS) is 1. The van der Waals surface area contributed by atoms with E-state index < -0.39 is 42.2 Å². The highest BCUT2D eigenvalue weighted by Gasteiger charge is 2.45. The van der Waals surface area contributed by atoms with Gasteiger partial charge in [0.15, 0.2) is 0 Å². The Morgan fingerprint density at radius 1 is 0.387 bits per heavy atom.